The molecular formula is C43H70O15. The Morgan fingerprint density at radius 2 is 1.50 bits per heavy atom. The summed E-state index contributed by atoms with van der Waals surface area (Å²) in [6.07, 6.45) is -7.63. The number of ether oxygens (including phenoxy) is 6. The third-order valence-corrected chi connectivity index (χ3v) is 17.9. The van der Waals surface area contributed by atoms with E-state index in [2.05, 4.69) is 34.6 Å². The SMILES string of the molecule is CC(=O)OC1C(O)COC(OC2CCC34CC35CCC3(C)C(C6(C)CCC(C(C)(C)O)O6)C(O)CC3(C)C5CC(OC3OC(CO)C(O)C(O)C3O)C4C2(C)C)C1O. The number of hydrogen-bond acceptors (Lipinski definition) is 15. The molecule has 15 heteroatoms. The van der Waals surface area contributed by atoms with E-state index in [0.29, 0.717) is 25.7 Å². The van der Waals surface area contributed by atoms with Crippen molar-refractivity contribution in [1.82, 2.24) is 0 Å². The lowest BCUT2D eigenvalue weighted by Gasteiger charge is -2.65. The summed E-state index contributed by atoms with van der Waals surface area (Å²) in [6, 6.07) is 0. The first-order chi connectivity index (χ1) is 26.9. The summed E-state index contributed by atoms with van der Waals surface area (Å²) in [4.78, 5) is 11.9. The number of fused-ring (bicyclic) bond motifs is 2. The van der Waals surface area contributed by atoms with E-state index in [0.717, 1.165) is 32.1 Å². The molecule has 5 saturated carbocycles. The zero-order valence-electron chi connectivity index (χ0n) is 35.5. The van der Waals surface area contributed by atoms with Crippen LogP contribution in [0.3, 0.4) is 0 Å². The molecule has 8 fully saturated rings. The van der Waals surface area contributed by atoms with Gasteiger partial charge in [-0.05, 0) is 117 Å². The quantitative estimate of drug-likeness (QED) is 0.127. The number of aliphatic hydroxyl groups is 8. The van der Waals surface area contributed by atoms with Gasteiger partial charge in [0.1, 0.15) is 36.6 Å². The molecule has 21 atom stereocenters. The van der Waals surface area contributed by atoms with Crippen LogP contribution in [-0.2, 0) is 33.2 Å². The monoisotopic (exact) mass is 826 g/mol. The van der Waals surface area contributed by atoms with E-state index >= 15 is 0 Å². The molecule has 0 amide bonds. The van der Waals surface area contributed by atoms with Gasteiger partial charge in [0.2, 0.25) is 0 Å². The van der Waals surface area contributed by atoms with Gasteiger partial charge in [-0.3, -0.25) is 4.79 Å². The number of rotatable bonds is 8. The molecule has 5 aliphatic carbocycles. The standard InChI is InChI=1S/C43H70O15/c1-20(45)54-32-22(47)18-53-35(31(32)51)57-26-10-12-43-19-42(43)14-13-39(6)33(41(8)11-9-27(58-41)38(4,5)52)21(46)16-40(39,7)25(42)15-23(34(43)37(26,2)3)55-36-30(50)29(49)28(48)24(17-44)56-36/h21-36,44,46-52H,9-19H2,1-8H3. The molecule has 2 spiro atoms. The van der Waals surface area contributed by atoms with E-state index in [9.17, 15) is 45.6 Å². The lowest BCUT2D eigenvalue weighted by atomic mass is 9.41. The molecular weight excluding hydrogens is 756 g/mol. The van der Waals surface area contributed by atoms with Crippen LogP contribution < -0.4 is 0 Å². The largest absolute Gasteiger partial charge is 0.457 e. The van der Waals surface area contributed by atoms with Crippen LogP contribution in [0.25, 0.3) is 0 Å². The Balaban J connectivity index is 1.14. The Morgan fingerprint density at radius 1 is 0.793 bits per heavy atom. The van der Waals surface area contributed by atoms with E-state index in [4.69, 9.17) is 28.4 Å². The molecule has 0 radical (unpaired) electrons. The Labute approximate surface area is 341 Å². The first-order valence-electron chi connectivity index (χ1n) is 21.8. The summed E-state index contributed by atoms with van der Waals surface area (Å²) >= 11 is 0. The van der Waals surface area contributed by atoms with E-state index in [1.165, 1.54) is 6.92 Å². The highest BCUT2D eigenvalue weighted by Crippen LogP contribution is 2.89. The summed E-state index contributed by atoms with van der Waals surface area (Å²) in [7, 11) is 0. The Hall–Kier alpha value is -1.05. The van der Waals surface area contributed by atoms with Crippen LogP contribution in [0, 0.1) is 44.8 Å². The van der Waals surface area contributed by atoms with Crippen molar-refractivity contribution in [3.8, 4) is 0 Å². The summed E-state index contributed by atoms with van der Waals surface area (Å²) in [5.74, 6) is -0.920. The molecule has 0 bridgehead atoms. The van der Waals surface area contributed by atoms with E-state index < -0.39 is 103 Å². The zero-order valence-corrected chi connectivity index (χ0v) is 35.5. The maximum absolute atomic E-state index is 12.2. The lowest BCUT2D eigenvalue weighted by Crippen LogP contribution is -2.65. The molecule has 21 unspecified atom stereocenters. The third kappa shape index (κ3) is 6.17. The summed E-state index contributed by atoms with van der Waals surface area (Å²) < 4.78 is 37.4. The predicted molar refractivity (Wildman–Crippen MR) is 203 cm³/mol. The molecule has 58 heavy (non-hydrogen) atoms. The Bertz CT molecular complexity index is 1570. The third-order valence-electron chi connectivity index (χ3n) is 17.9. The van der Waals surface area contributed by atoms with Crippen LogP contribution in [0.15, 0.2) is 0 Å². The average Bonchev–Trinajstić information content (AvgIpc) is 3.49. The summed E-state index contributed by atoms with van der Waals surface area (Å²) in [5.41, 5.74) is -3.30. The van der Waals surface area contributed by atoms with Crippen molar-refractivity contribution < 1.29 is 74.1 Å². The van der Waals surface area contributed by atoms with Gasteiger partial charge in [-0.2, -0.15) is 0 Å². The lowest BCUT2D eigenvalue weighted by molar-refractivity contribution is -0.339. The smallest absolute Gasteiger partial charge is 0.303 e. The Kier molecular flexibility index (Phi) is 10.7. The highest BCUT2D eigenvalue weighted by molar-refractivity contribution is 5.66. The first kappa shape index (κ1) is 43.6. The highest BCUT2D eigenvalue weighted by Gasteiger charge is 2.85. The topological polar surface area (TPSA) is 234 Å². The fraction of sp³-hybridized carbons (Fsp3) is 0.977. The second-order valence-corrected chi connectivity index (χ2v) is 21.6. The van der Waals surface area contributed by atoms with Crippen molar-refractivity contribution in [2.75, 3.05) is 13.2 Å². The van der Waals surface area contributed by atoms with Gasteiger partial charge in [0, 0.05) is 12.8 Å². The number of hydrogen-bond donors (Lipinski definition) is 8. The highest BCUT2D eigenvalue weighted by atomic mass is 16.7. The van der Waals surface area contributed by atoms with Crippen molar-refractivity contribution in [2.45, 2.75) is 204 Å². The van der Waals surface area contributed by atoms with E-state index in [1.54, 1.807) is 13.8 Å². The van der Waals surface area contributed by atoms with Gasteiger partial charge in [0.05, 0.1) is 48.8 Å². The van der Waals surface area contributed by atoms with Gasteiger partial charge in [0.25, 0.3) is 0 Å². The van der Waals surface area contributed by atoms with E-state index in [-0.39, 0.29) is 52.1 Å². The van der Waals surface area contributed by atoms with Crippen LogP contribution in [0.1, 0.15) is 113 Å². The predicted octanol–water partition coefficient (Wildman–Crippen LogP) is 1.29. The maximum Gasteiger partial charge on any atom is 0.303 e. The van der Waals surface area contributed by atoms with Crippen LogP contribution in [0.4, 0.5) is 0 Å². The van der Waals surface area contributed by atoms with Gasteiger partial charge in [-0.15, -0.1) is 0 Å². The number of carbonyl (C=O) groups excluding carboxylic acids is 1. The van der Waals surface area contributed by atoms with Crippen LogP contribution in [-0.4, -0.2) is 151 Å². The van der Waals surface area contributed by atoms with Gasteiger partial charge in [-0.1, -0.05) is 27.7 Å². The molecule has 8 rings (SSSR count). The van der Waals surface area contributed by atoms with E-state index in [1.807, 2.05) is 0 Å². The molecule has 3 heterocycles. The molecule has 8 aliphatic rings. The Morgan fingerprint density at radius 3 is 2.14 bits per heavy atom. The van der Waals surface area contributed by atoms with Crippen molar-refractivity contribution in [3.05, 3.63) is 0 Å². The normalized spacial score (nSPS) is 56.1. The molecule has 0 aromatic carbocycles. The molecule has 15 nitrogen and oxygen atoms in total. The summed E-state index contributed by atoms with van der Waals surface area (Å²) in [6.45, 7) is 15.0. The zero-order chi connectivity index (χ0) is 42.3. The number of esters is 1. The molecule has 8 N–H and O–H groups in total. The van der Waals surface area contributed by atoms with Crippen LogP contribution >= 0.6 is 0 Å². The molecule has 0 aromatic rings. The number of carbonyl (C=O) groups is 1. The van der Waals surface area contributed by atoms with Crippen LogP contribution in [0.5, 0.6) is 0 Å². The van der Waals surface area contributed by atoms with Crippen LogP contribution in [0.2, 0.25) is 0 Å². The number of aliphatic hydroxyl groups excluding tert-OH is 7. The van der Waals surface area contributed by atoms with Crippen molar-refractivity contribution in [2.24, 2.45) is 44.8 Å². The maximum atomic E-state index is 12.2. The summed E-state index contributed by atoms with van der Waals surface area (Å²) in [5, 5.41) is 87.8. The van der Waals surface area contributed by atoms with Crippen molar-refractivity contribution in [3.63, 3.8) is 0 Å². The second-order valence-electron chi connectivity index (χ2n) is 21.6. The average molecular weight is 827 g/mol. The van der Waals surface area contributed by atoms with Gasteiger partial charge in [0.15, 0.2) is 18.7 Å². The van der Waals surface area contributed by atoms with Gasteiger partial charge in [-0.25, -0.2) is 0 Å². The first-order valence-corrected chi connectivity index (χ1v) is 21.8. The molecule has 3 saturated heterocycles. The molecule has 0 aromatic heterocycles. The van der Waals surface area contributed by atoms with Crippen molar-refractivity contribution in [1.29, 1.82) is 0 Å². The second kappa shape index (κ2) is 14.2. The fourth-order valence-corrected chi connectivity index (χ4v) is 15.2. The molecule has 332 valence electrons. The minimum atomic E-state index is -1.62. The minimum absolute atomic E-state index is 0.0855. The minimum Gasteiger partial charge on any atom is -0.457 e. The van der Waals surface area contributed by atoms with Crippen molar-refractivity contribution >= 4 is 5.97 Å². The molecule has 3 aliphatic heterocycles. The fourth-order valence-electron chi connectivity index (χ4n) is 15.2. The van der Waals surface area contributed by atoms with Gasteiger partial charge >= 0.3 is 5.97 Å². The van der Waals surface area contributed by atoms with Gasteiger partial charge < -0.3 is 69.3 Å².